The summed E-state index contributed by atoms with van der Waals surface area (Å²) in [4.78, 5) is 18.3. The van der Waals surface area contributed by atoms with Crippen LogP contribution < -0.4 is 10.2 Å². The van der Waals surface area contributed by atoms with Crippen molar-refractivity contribution in [2.45, 2.75) is 19.8 Å². The first kappa shape index (κ1) is 15.9. The van der Waals surface area contributed by atoms with E-state index in [-0.39, 0.29) is 11.5 Å². The summed E-state index contributed by atoms with van der Waals surface area (Å²) >= 11 is 0. The minimum absolute atomic E-state index is 0.269. The molecule has 1 aromatic heterocycles. The fraction of sp³-hybridized carbons (Fsp3) is 0.294. The SMILES string of the molecule is CCCCN(C)c1ccc(NC(=O)c2cccc(F)c2)nc1. The van der Waals surface area contributed by atoms with Gasteiger partial charge in [-0.15, -0.1) is 0 Å². The molecule has 4 nitrogen and oxygen atoms in total. The Morgan fingerprint density at radius 2 is 2.14 bits per heavy atom. The number of hydrogen-bond donors (Lipinski definition) is 1. The van der Waals surface area contributed by atoms with Gasteiger partial charge in [-0.1, -0.05) is 19.4 Å². The molecule has 0 saturated heterocycles. The van der Waals surface area contributed by atoms with Crippen LogP contribution in [-0.4, -0.2) is 24.5 Å². The summed E-state index contributed by atoms with van der Waals surface area (Å²) in [5.74, 6) is -0.366. The summed E-state index contributed by atoms with van der Waals surface area (Å²) in [5, 5.41) is 2.66. The number of pyridine rings is 1. The highest BCUT2D eigenvalue weighted by molar-refractivity contribution is 6.03. The number of nitrogens with one attached hydrogen (secondary N) is 1. The molecule has 0 fully saturated rings. The molecule has 0 aliphatic rings. The zero-order valence-electron chi connectivity index (χ0n) is 12.8. The van der Waals surface area contributed by atoms with Gasteiger partial charge in [0.25, 0.3) is 5.91 Å². The Bertz CT molecular complexity index is 628. The molecule has 22 heavy (non-hydrogen) atoms. The Hall–Kier alpha value is -2.43. The molecule has 116 valence electrons. The third-order valence-corrected chi connectivity index (χ3v) is 3.36. The first-order valence-electron chi connectivity index (χ1n) is 7.34. The second-order valence-corrected chi connectivity index (χ2v) is 5.14. The fourth-order valence-corrected chi connectivity index (χ4v) is 2.03. The average molecular weight is 301 g/mol. The van der Waals surface area contributed by atoms with E-state index in [4.69, 9.17) is 0 Å². The van der Waals surface area contributed by atoms with E-state index in [0.29, 0.717) is 5.82 Å². The van der Waals surface area contributed by atoms with Crippen molar-refractivity contribution >= 4 is 17.4 Å². The molecule has 0 aliphatic carbocycles. The lowest BCUT2D eigenvalue weighted by Crippen LogP contribution is -2.19. The van der Waals surface area contributed by atoms with E-state index in [1.54, 1.807) is 18.3 Å². The molecule has 1 amide bonds. The van der Waals surface area contributed by atoms with E-state index in [1.165, 1.54) is 18.2 Å². The summed E-state index contributed by atoms with van der Waals surface area (Å²) in [5.41, 5.74) is 1.27. The first-order chi connectivity index (χ1) is 10.6. The van der Waals surface area contributed by atoms with Crippen LogP contribution in [0.15, 0.2) is 42.6 Å². The lowest BCUT2D eigenvalue weighted by Gasteiger charge is -2.18. The van der Waals surface area contributed by atoms with Gasteiger partial charge in [0.05, 0.1) is 11.9 Å². The van der Waals surface area contributed by atoms with Gasteiger partial charge in [-0.05, 0) is 36.8 Å². The largest absolute Gasteiger partial charge is 0.373 e. The van der Waals surface area contributed by atoms with Crippen LogP contribution in [0.1, 0.15) is 30.1 Å². The van der Waals surface area contributed by atoms with Gasteiger partial charge in [-0.25, -0.2) is 9.37 Å². The Morgan fingerprint density at radius 3 is 2.77 bits per heavy atom. The average Bonchev–Trinajstić information content (AvgIpc) is 2.53. The van der Waals surface area contributed by atoms with Crippen LogP contribution in [0.3, 0.4) is 0 Å². The molecule has 0 unspecified atom stereocenters. The molecular formula is C17H20FN3O. The second kappa shape index (κ2) is 7.54. The molecule has 0 aliphatic heterocycles. The van der Waals surface area contributed by atoms with Crippen molar-refractivity contribution in [2.24, 2.45) is 0 Å². The van der Waals surface area contributed by atoms with Crippen LogP contribution in [-0.2, 0) is 0 Å². The van der Waals surface area contributed by atoms with Crippen molar-refractivity contribution < 1.29 is 9.18 Å². The third-order valence-electron chi connectivity index (χ3n) is 3.36. The number of hydrogen-bond acceptors (Lipinski definition) is 3. The lowest BCUT2D eigenvalue weighted by molar-refractivity contribution is 0.102. The van der Waals surface area contributed by atoms with Crippen molar-refractivity contribution in [1.82, 2.24) is 4.98 Å². The zero-order chi connectivity index (χ0) is 15.9. The third kappa shape index (κ3) is 4.28. The van der Waals surface area contributed by atoms with Gasteiger partial charge in [0.2, 0.25) is 0 Å². The molecule has 0 spiro atoms. The minimum atomic E-state index is -0.437. The van der Waals surface area contributed by atoms with Crippen LogP contribution in [0, 0.1) is 5.82 Å². The summed E-state index contributed by atoms with van der Waals surface area (Å²) < 4.78 is 13.1. The first-order valence-corrected chi connectivity index (χ1v) is 7.34. The maximum atomic E-state index is 13.1. The van der Waals surface area contributed by atoms with Crippen molar-refractivity contribution in [3.8, 4) is 0 Å². The summed E-state index contributed by atoms with van der Waals surface area (Å²) in [6.07, 6.45) is 3.98. The van der Waals surface area contributed by atoms with Gasteiger partial charge in [0, 0.05) is 19.2 Å². The normalized spacial score (nSPS) is 10.3. The summed E-state index contributed by atoms with van der Waals surface area (Å²) in [6.45, 7) is 3.12. The number of rotatable bonds is 6. The Balaban J connectivity index is 2.00. The van der Waals surface area contributed by atoms with Gasteiger partial charge >= 0.3 is 0 Å². The smallest absolute Gasteiger partial charge is 0.256 e. The van der Waals surface area contributed by atoms with Crippen molar-refractivity contribution in [3.63, 3.8) is 0 Å². The molecule has 0 saturated carbocycles. The summed E-state index contributed by atoms with van der Waals surface area (Å²) in [6, 6.07) is 9.21. The summed E-state index contributed by atoms with van der Waals surface area (Å²) in [7, 11) is 2.01. The molecule has 0 radical (unpaired) electrons. The molecular weight excluding hydrogens is 281 g/mol. The zero-order valence-corrected chi connectivity index (χ0v) is 12.8. The monoisotopic (exact) mass is 301 g/mol. The molecule has 0 atom stereocenters. The van der Waals surface area contributed by atoms with E-state index in [0.717, 1.165) is 25.1 Å². The topological polar surface area (TPSA) is 45.2 Å². The fourth-order valence-electron chi connectivity index (χ4n) is 2.03. The molecule has 1 aromatic carbocycles. The number of nitrogens with zero attached hydrogens (tertiary/aromatic N) is 2. The number of carbonyl (C=O) groups is 1. The van der Waals surface area contributed by atoms with Crippen molar-refractivity contribution in [1.29, 1.82) is 0 Å². The van der Waals surface area contributed by atoms with Gasteiger partial charge in [0.15, 0.2) is 0 Å². The predicted octanol–water partition coefficient (Wildman–Crippen LogP) is 3.71. The number of amides is 1. The van der Waals surface area contributed by atoms with E-state index in [9.17, 15) is 9.18 Å². The van der Waals surface area contributed by atoms with E-state index in [1.807, 2.05) is 13.1 Å². The number of halogens is 1. The van der Waals surface area contributed by atoms with Crippen molar-refractivity contribution in [3.05, 3.63) is 54.0 Å². The molecule has 2 rings (SSSR count). The van der Waals surface area contributed by atoms with E-state index in [2.05, 4.69) is 22.1 Å². The van der Waals surface area contributed by atoms with Crippen LogP contribution in [0.5, 0.6) is 0 Å². The highest BCUT2D eigenvalue weighted by Crippen LogP contribution is 2.15. The Labute approximate surface area is 130 Å². The number of aromatic nitrogens is 1. The molecule has 1 heterocycles. The van der Waals surface area contributed by atoms with Crippen LogP contribution >= 0.6 is 0 Å². The maximum Gasteiger partial charge on any atom is 0.256 e. The molecule has 1 N–H and O–H groups in total. The number of anilines is 2. The van der Waals surface area contributed by atoms with E-state index < -0.39 is 5.82 Å². The highest BCUT2D eigenvalue weighted by Gasteiger charge is 2.08. The molecule has 2 aromatic rings. The minimum Gasteiger partial charge on any atom is -0.373 e. The molecule has 0 bridgehead atoms. The Kier molecular flexibility index (Phi) is 5.47. The maximum absolute atomic E-state index is 13.1. The van der Waals surface area contributed by atoms with Gasteiger partial charge in [-0.3, -0.25) is 4.79 Å². The van der Waals surface area contributed by atoms with Gasteiger partial charge in [-0.2, -0.15) is 0 Å². The van der Waals surface area contributed by atoms with Crippen LogP contribution in [0.2, 0.25) is 0 Å². The lowest BCUT2D eigenvalue weighted by atomic mass is 10.2. The van der Waals surface area contributed by atoms with Crippen LogP contribution in [0.4, 0.5) is 15.9 Å². The standard InChI is InChI=1S/C17H20FN3O/c1-3-4-10-21(2)15-8-9-16(19-12-15)20-17(22)13-6-5-7-14(18)11-13/h5-9,11-12H,3-4,10H2,1-2H3,(H,19,20,22). The predicted molar refractivity (Wildman–Crippen MR) is 86.8 cm³/mol. The van der Waals surface area contributed by atoms with E-state index >= 15 is 0 Å². The number of unbranched alkanes of at least 4 members (excludes halogenated alkanes) is 1. The number of carbonyl (C=O) groups excluding carboxylic acids is 1. The van der Waals surface area contributed by atoms with Crippen LogP contribution in [0.25, 0.3) is 0 Å². The quantitative estimate of drug-likeness (QED) is 0.884. The second-order valence-electron chi connectivity index (χ2n) is 5.14. The Morgan fingerprint density at radius 1 is 1.32 bits per heavy atom. The van der Waals surface area contributed by atoms with Gasteiger partial charge in [0.1, 0.15) is 11.6 Å². The number of benzene rings is 1. The van der Waals surface area contributed by atoms with Crippen molar-refractivity contribution in [2.75, 3.05) is 23.8 Å². The molecule has 5 heteroatoms. The highest BCUT2D eigenvalue weighted by atomic mass is 19.1. The van der Waals surface area contributed by atoms with Gasteiger partial charge < -0.3 is 10.2 Å².